The molecule has 2 fully saturated rings. The lowest BCUT2D eigenvalue weighted by Crippen LogP contribution is -2.36. The smallest absolute Gasteiger partial charge is 0.0330 e. The summed E-state index contributed by atoms with van der Waals surface area (Å²) < 4.78 is 0. The molecule has 2 aromatic carbocycles. The van der Waals surface area contributed by atoms with Crippen molar-refractivity contribution in [1.82, 2.24) is 0 Å². The van der Waals surface area contributed by atoms with Crippen molar-refractivity contribution in [1.29, 1.82) is 0 Å². The van der Waals surface area contributed by atoms with E-state index in [2.05, 4.69) is 73.7 Å². The lowest BCUT2D eigenvalue weighted by molar-refractivity contribution is 0.440. The highest BCUT2D eigenvalue weighted by Crippen LogP contribution is 2.92. The second kappa shape index (κ2) is 3.50. The number of allylic oxidation sites excluding steroid dienone is 2. The van der Waals surface area contributed by atoms with E-state index in [0.717, 1.165) is 0 Å². The minimum atomic E-state index is 0.293. The van der Waals surface area contributed by atoms with Gasteiger partial charge in [-0.25, -0.2) is 0 Å². The third-order valence-corrected chi connectivity index (χ3v) is 6.79. The predicted octanol–water partition coefficient (Wildman–Crippen LogP) is 5.01. The Kier molecular flexibility index (Phi) is 1.96. The van der Waals surface area contributed by atoms with Gasteiger partial charge in [-0.05, 0) is 35.8 Å². The van der Waals surface area contributed by atoms with Gasteiger partial charge in [-0.2, -0.15) is 0 Å². The molecule has 0 amide bonds. The van der Waals surface area contributed by atoms with E-state index in [9.17, 15) is 0 Å². The van der Waals surface area contributed by atoms with E-state index >= 15 is 0 Å². The molecule has 3 atom stereocenters. The average Bonchev–Trinajstić information content (AvgIpc) is 3.01. The van der Waals surface area contributed by atoms with Crippen LogP contribution >= 0.6 is 0 Å². The van der Waals surface area contributed by atoms with Crippen molar-refractivity contribution in [2.75, 3.05) is 0 Å². The molecule has 0 N–H and O–H groups in total. The monoisotopic (exact) mass is 272 g/mol. The van der Waals surface area contributed by atoms with E-state index in [1.54, 1.807) is 11.1 Å². The molecule has 0 nitrogen and oxygen atoms in total. The van der Waals surface area contributed by atoms with E-state index < -0.39 is 0 Å². The summed E-state index contributed by atoms with van der Waals surface area (Å²) in [7, 11) is 0. The zero-order chi connectivity index (χ0) is 14.1. The maximum atomic E-state index is 2.53. The molecule has 3 unspecified atom stereocenters. The van der Waals surface area contributed by atoms with Crippen LogP contribution in [-0.2, 0) is 10.8 Å². The van der Waals surface area contributed by atoms with E-state index in [1.807, 2.05) is 0 Å². The first kappa shape index (κ1) is 11.8. The zero-order valence-electron chi connectivity index (χ0n) is 12.5. The quantitative estimate of drug-likeness (QED) is 0.674. The van der Waals surface area contributed by atoms with E-state index in [0.29, 0.717) is 16.2 Å². The molecule has 104 valence electrons. The Hall–Kier alpha value is -1.82. The lowest BCUT2D eigenvalue weighted by Gasteiger charge is -2.40. The molecular formula is C21H20. The van der Waals surface area contributed by atoms with Crippen LogP contribution in [0.4, 0.5) is 0 Å². The molecule has 0 radical (unpaired) electrons. The van der Waals surface area contributed by atoms with Gasteiger partial charge in [-0.3, -0.25) is 0 Å². The predicted molar refractivity (Wildman–Crippen MR) is 86.3 cm³/mol. The SMILES string of the molecule is CC12CCC=C3CC1(c1ccccc1)C32c1ccccc1. The molecule has 3 aliphatic carbocycles. The maximum absolute atomic E-state index is 2.53. The molecule has 2 saturated carbocycles. The fourth-order valence-electron chi connectivity index (χ4n) is 6.09. The minimum absolute atomic E-state index is 0.293. The Labute approximate surface area is 126 Å². The molecule has 3 aliphatic rings. The molecule has 5 rings (SSSR count). The first-order valence-corrected chi connectivity index (χ1v) is 8.08. The second-order valence-corrected chi connectivity index (χ2v) is 7.16. The summed E-state index contributed by atoms with van der Waals surface area (Å²) in [5, 5.41) is 0. The van der Waals surface area contributed by atoms with Gasteiger partial charge < -0.3 is 0 Å². The fourth-order valence-corrected chi connectivity index (χ4v) is 6.09. The zero-order valence-corrected chi connectivity index (χ0v) is 12.5. The van der Waals surface area contributed by atoms with Crippen molar-refractivity contribution in [3.05, 3.63) is 83.4 Å². The van der Waals surface area contributed by atoms with Crippen molar-refractivity contribution in [2.45, 2.75) is 37.0 Å². The van der Waals surface area contributed by atoms with E-state index in [1.165, 1.54) is 24.8 Å². The summed E-state index contributed by atoms with van der Waals surface area (Å²) in [6.45, 7) is 2.53. The highest BCUT2D eigenvalue weighted by atomic mass is 14.9. The maximum Gasteiger partial charge on any atom is 0.0330 e. The van der Waals surface area contributed by atoms with Crippen molar-refractivity contribution in [2.24, 2.45) is 5.41 Å². The normalized spacial score (nSPS) is 39.0. The van der Waals surface area contributed by atoms with Crippen LogP contribution in [0.25, 0.3) is 0 Å². The second-order valence-electron chi connectivity index (χ2n) is 7.16. The third kappa shape index (κ3) is 0.994. The van der Waals surface area contributed by atoms with E-state index in [-0.39, 0.29) is 0 Å². The topological polar surface area (TPSA) is 0 Å². The standard InChI is InChI=1S/C21H20/c1-19-14-8-13-18-15-20(19,16-9-4-2-5-10-16)21(18,19)17-11-6-3-7-12-17/h2-7,9-13H,8,14-15H2,1H3. The summed E-state index contributed by atoms with van der Waals surface area (Å²) in [5.41, 5.74) is 5.84. The molecule has 21 heavy (non-hydrogen) atoms. The van der Waals surface area contributed by atoms with Crippen LogP contribution in [0.3, 0.4) is 0 Å². The molecule has 0 saturated heterocycles. The van der Waals surface area contributed by atoms with Crippen molar-refractivity contribution in [3.8, 4) is 0 Å². The first-order chi connectivity index (χ1) is 10.3. The Bertz CT molecular complexity index is 742. The van der Waals surface area contributed by atoms with Crippen LogP contribution in [0, 0.1) is 5.41 Å². The summed E-state index contributed by atoms with van der Waals surface area (Å²) in [6, 6.07) is 22.5. The lowest BCUT2D eigenvalue weighted by atomic mass is 9.63. The third-order valence-electron chi connectivity index (χ3n) is 6.79. The van der Waals surface area contributed by atoms with Crippen molar-refractivity contribution in [3.63, 3.8) is 0 Å². The molecule has 0 aromatic heterocycles. The van der Waals surface area contributed by atoms with Crippen LogP contribution in [0.15, 0.2) is 72.3 Å². The average molecular weight is 272 g/mol. The van der Waals surface area contributed by atoms with Gasteiger partial charge in [0.1, 0.15) is 0 Å². The summed E-state index contributed by atoms with van der Waals surface area (Å²) >= 11 is 0. The Morgan fingerprint density at radius 3 is 2.10 bits per heavy atom. The van der Waals surface area contributed by atoms with Crippen molar-refractivity contribution < 1.29 is 0 Å². The van der Waals surface area contributed by atoms with Gasteiger partial charge in [0.15, 0.2) is 0 Å². The minimum Gasteiger partial charge on any atom is -0.0843 e. The highest BCUT2D eigenvalue weighted by Gasteiger charge is 2.91. The summed E-state index contributed by atoms with van der Waals surface area (Å²) in [5.74, 6) is 0. The number of fused-ring (bicyclic) bond motifs is 1. The number of hydrogen-bond donors (Lipinski definition) is 0. The number of rotatable bonds is 2. The molecule has 0 aliphatic heterocycles. The van der Waals surface area contributed by atoms with Crippen LogP contribution < -0.4 is 0 Å². The fraction of sp³-hybridized carbons (Fsp3) is 0.333. The molecular weight excluding hydrogens is 252 g/mol. The summed E-state index contributed by atoms with van der Waals surface area (Å²) in [6.07, 6.45) is 6.38. The first-order valence-electron chi connectivity index (χ1n) is 8.08. The van der Waals surface area contributed by atoms with E-state index in [4.69, 9.17) is 0 Å². The highest BCUT2D eigenvalue weighted by molar-refractivity contribution is 5.72. The number of hydrogen-bond acceptors (Lipinski definition) is 0. The molecule has 0 heteroatoms. The van der Waals surface area contributed by atoms with Gasteiger partial charge >= 0.3 is 0 Å². The van der Waals surface area contributed by atoms with Crippen molar-refractivity contribution >= 4 is 0 Å². The van der Waals surface area contributed by atoms with Crippen LogP contribution in [-0.4, -0.2) is 0 Å². The number of benzene rings is 2. The van der Waals surface area contributed by atoms with Gasteiger partial charge in [0.2, 0.25) is 0 Å². The van der Waals surface area contributed by atoms with Crippen LogP contribution in [0.5, 0.6) is 0 Å². The van der Waals surface area contributed by atoms with Crippen LogP contribution in [0.1, 0.15) is 37.3 Å². The molecule has 0 bridgehead atoms. The van der Waals surface area contributed by atoms with Gasteiger partial charge in [0.25, 0.3) is 0 Å². The molecule has 0 heterocycles. The Morgan fingerprint density at radius 1 is 0.810 bits per heavy atom. The molecule has 2 aromatic rings. The van der Waals surface area contributed by atoms with Gasteiger partial charge in [-0.1, -0.05) is 79.2 Å². The van der Waals surface area contributed by atoms with Gasteiger partial charge in [0, 0.05) is 10.8 Å². The Morgan fingerprint density at radius 2 is 1.43 bits per heavy atom. The Balaban J connectivity index is 1.78. The van der Waals surface area contributed by atoms with Gasteiger partial charge in [0.05, 0.1) is 0 Å². The van der Waals surface area contributed by atoms with Gasteiger partial charge in [-0.15, -0.1) is 0 Å². The van der Waals surface area contributed by atoms with Crippen LogP contribution in [0.2, 0.25) is 0 Å². The largest absolute Gasteiger partial charge is 0.0843 e. The summed E-state index contributed by atoms with van der Waals surface area (Å²) in [4.78, 5) is 0. The molecule has 0 spiro atoms.